The zero-order valence-electron chi connectivity index (χ0n) is 17.2. The van der Waals surface area contributed by atoms with Crippen molar-refractivity contribution in [2.45, 2.75) is 90.6 Å². The Morgan fingerprint density at radius 2 is 1.81 bits per heavy atom. The van der Waals surface area contributed by atoms with Crippen LogP contribution >= 0.6 is 0 Å². The molecule has 0 spiro atoms. The number of fused-ring (bicyclic) bond motifs is 1. The fraction of sp³-hybridized carbons (Fsp3) is 0.773. The van der Waals surface area contributed by atoms with Crippen molar-refractivity contribution in [3.63, 3.8) is 0 Å². The monoisotopic (exact) mass is 370 g/mol. The van der Waals surface area contributed by atoms with E-state index in [0.717, 1.165) is 43.3 Å². The molecular weight excluding hydrogens is 336 g/mol. The van der Waals surface area contributed by atoms with Gasteiger partial charge in [-0.2, -0.15) is 0 Å². The highest BCUT2D eigenvalue weighted by molar-refractivity contribution is 5.95. The molecule has 5 heteroatoms. The SMILES string of the molecule is Cc1nc([C@@H]2CCCN2C(C)C)nc2c1CCC(=O)N2CC1CCCCC1. The summed E-state index contributed by atoms with van der Waals surface area (Å²) in [4.78, 5) is 27.3. The third-order valence-corrected chi connectivity index (χ3v) is 6.78. The van der Waals surface area contributed by atoms with Crippen molar-refractivity contribution < 1.29 is 4.79 Å². The number of aryl methyl sites for hydroxylation is 1. The van der Waals surface area contributed by atoms with E-state index in [2.05, 4.69) is 25.7 Å². The van der Waals surface area contributed by atoms with Crippen molar-refractivity contribution in [2.75, 3.05) is 18.0 Å². The summed E-state index contributed by atoms with van der Waals surface area (Å²) in [6, 6.07) is 0.792. The van der Waals surface area contributed by atoms with E-state index in [1.54, 1.807) is 0 Å². The van der Waals surface area contributed by atoms with E-state index in [0.29, 0.717) is 24.4 Å². The highest BCUT2D eigenvalue weighted by atomic mass is 16.2. The van der Waals surface area contributed by atoms with Crippen molar-refractivity contribution in [3.05, 3.63) is 17.1 Å². The maximum atomic E-state index is 12.8. The molecule has 0 N–H and O–H groups in total. The molecule has 0 aromatic carbocycles. The molecule has 1 aromatic heterocycles. The molecule has 0 bridgehead atoms. The minimum Gasteiger partial charge on any atom is -0.296 e. The van der Waals surface area contributed by atoms with Gasteiger partial charge in [-0.05, 0) is 65.3 Å². The Morgan fingerprint density at radius 3 is 2.56 bits per heavy atom. The van der Waals surface area contributed by atoms with Gasteiger partial charge >= 0.3 is 0 Å². The van der Waals surface area contributed by atoms with Gasteiger partial charge in [-0.3, -0.25) is 14.6 Å². The molecule has 3 heterocycles. The number of aromatic nitrogens is 2. The van der Waals surface area contributed by atoms with Gasteiger partial charge in [0.2, 0.25) is 5.91 Å². The normalized spacial score (nSPS) is 24.7. The molecular formula is C22H34N4O. The highest BCUT2D eigenvalue weighted by Gasteiger charge is 2.34. The van der Waals surface area contributed by atoms with Crippen LogP contribution in [0.4, 0.5) is 5.82 Å². The number of amides is 1. The number of rotatable bonds is 4. The topological polar surface area (TPSA) is 49.3 Å². The lowest BCUT2D eigenvalue weighted by Gasteiger charge is -2.34. The smallest absolute Gasteiger partial charge is 0.228 e. The number of nitrogens with zero attached hydrogens (tertiary/aromatic N) is 4. The lowest BCUT2D eigenvalue weighted by atomic mass is 9.88. The van der Waals surface area contributed by atoms with Crippen LogP contribution in [0.5, 0.6) is 0 Å². The van der Waals surface area contributed by atoms with Gasteiger partial charge in [-0.1, -0.05) is 19.3 Å². The van der Waals surface area contributed by atoms with Gasteiger partial charge in [0.15, 0.2) is 0 Å². The third kappa shape index (κ3) is 3.75. The summed E-state index contributed by atoms with van der Waals surface area (Å²) in [5.74, 6) is 2.74. The number of carbonyl (C=O) groups excluding carboxylic acids is 1. The molecule has 4 rings (SSSR count). The fourth-order valence-corrected chi connectivity index (χ4v) is 5.25. The van der Waals surface area contributed by atoms with E-state index in [-0.39, 0.29) is 5.91 Å². The number of likely N-dealkylation sites (tertiary alicyclic amines) is 1. The molecule has 1 aliphatic carbocycles. The van der Waals surface area contributed by atoms with Crippen LogP contribution in [0.15, 0.2) is 0 Å². The Balaban J connectivity index is 1.66. The Hall–Kier alpha value is -1.49. The van der Waals surface area contributed by atoms with Gasteiger partial charge in [0.25, 0.3) is 0 Å². The van der Waals surface area contributed by atoms with Gasteiger partial charge in [0, 0.05) is 30.3 Å². The molecule has 148 valence electrons. The van der Waals surface area contributed by atoms with E-state index in [1.807, 2.05) is 4.90 Å². The average Bonchev–Trinajstić information content (AvgIpc) is 3.15. The van der Waals surface area contributed by atoms with Crippen LogP contribution in [0.3, 0.4) is 0 Å². The number of hydrogen-bond acceptors (Lipinski definition) is 4. The van der Waals surface area contributed by atoms with Crippen LogP contribution < -0.4 is 4.90 Å². The van der Waals surface area contributed by atoms with Gasteiger partial charge in [0.05, 0.1) is 6.04 Å². The Morgan fingerprint density at radius 1 is 1.04 bits per heavy atom. The number of carbonyl (C=O) groups is 1. The van der Waals surface area contributed by atoms with Crippen molar-refractivity contribution in [1.29, 1.82) is 0 Å². The molecule has 1 saturated heterocycles. The summed E-state index contributed by atoms with van der Waals surface area (Å²) in [6.07, 6.45) is 10.2. The van der Waals surface area contributed by atoms with E-state index >= 15 is 0 Å². The van der Waals surface area contributed by atoms with Crippen molar-refractivity contribution in [1.82, 2.24) is 14.9 Å². The molecule has 27 heavy (non-hydrogen) atoms. The van der Waals surface area contributed by atoms with E-state index in [4.69, 9.17) is 9.97 Å². The molecule has 1 amide bonds. The first kappa shape index (κ1) is 18.9. The first-order valence-electron chi connectivity index (χ1n) is 11.0. The Labute approximate surface area is 163 Å². The van der Waals surface area contributed by atoms with Crippen LogP contribution in [-0.4, -0.2) is 39.9 Å². The van der Waals surface area contributed by atoms with E-state index in [9.17, 15) is 4.79 Å². The van der Waals surface area contributed by atoms with E-state index in [1.165, 1.54) is 44.1 Å². The molecule has 2 aliphatic heterocycles. The summed E-state index contributed by atoms with van der Waals surface area (Å²) in [5.41, 5.74) is 2.27. The van der Waals surface area contributed by atoms with Gasteiger partial charge in [-0.15, -0.1) is 0 Å². The molecule has 3 aliphatic rings. The quantitative estimate of drug-likeness (QED) is 0.797. The predicted molar refractivity (Wildman–Crippen MR) is 108 cm³/mol. The van der Waals surface area contributed by atoms with Crippen LogP contribution in [0.1, 0.15) is 88.3 Å². The summed E-state index contributed by atoms with van der Waals surface area (Å²) in [6.45, 7) is 8.57. The summed E-state index contributed by atoms with van der Waals surface area (Å²) in [5, 5.41) is 0. The van der Waals surface area contributed by atoms with Gasteiger partial charge < -0.3 is 0 Å². The average molecular weight is 371 g/mol. The van der Waals surface area contributed by atoms with E-state index < -0.39 is 0 Å². The fourth-order valence-electron chi connectivity index (χ4n) is 5.25. The first-order chi connectivity index (χ1) is 13.0. The molecule has 5 nitrogen and oxygen atoms in total. The molecule has 0 unspecified atom stereocenters. The zero-order valence-corrected chi connectivity index (χ0v) is 17.2. The van der Waals surface area contributed by atoms with Gasteiger partial charge in [-0.25, -0.2) is 9.97 Å². The molecule has 1 atom stereocenters. The van der Waals surface area contributed by atoms with Crippen molar-refractivity contribution in [2.24, 2.45) is 5.92 Å². The summed E-state index contributed by atoms with van der Waals surface area (Å²) < 4.78 is 0. The zero-order chi connectivity index (χ0) is 19.0. The molecule has 1 aromatic rings. The third-order valence-electron chi connectivity index (χ3n) is 6.78. The first-order valence-corrected chi connectivity index (χ1v) is 11.0. The lowest BCUT2D eigenvalue weighted by molar-refractivity contribution is -0.119. The molecule has 2 fully saturated rings. The Bertz CT molecular complexity index is 696. The summed E-state index contributed by atoms with van der Waals surface area (Å²) >= 11 is 0. The van der Waals surface area contributed by atoms with Crippen LogP contribution in [-0.2, 0) is 11.2 Å². The second kappa shape index (κ2) is 7.86. The largest absolute Gasteiger partial charge is 0.296 e. The summed E-state index contributed by atoms with van der Waals surface area (Å²) in [7, 11) is 0. The van der Waals surface area contributed by atoms with Crippen LogP contribution in [0.2, 0.25) is 0 Å². The van der Waals surface area contributed by atoms with Crippen molar-refractivity contribution in [3.8, 4) is 0 Å². The van der Waals surface area contributed by atoms with Crippen molar-refractivity contribution >= 4 is 11.7 Å². The highest BCUT2D eigenvalue weighted by Crippen LogP contribution is 2.36. The second-order valence-electron chi connectivity index (χ2n) is 8.97. The van der Waals surface area contributed by atoms with Crippen LogP contribution in [0.25, 0.3) is 0 Å². The number of anilines is 1. The maximum absolute atomic E-state index is 12.8. The van der Waals surface area contributed by atoms with Crippen LogP contribution in [0, 0.1) is 12.8 Å². The molecule has 0 radical (unpaired) electrons. The lowest BCUT2D eigenvalue weighted by Crippen LogP contribution is -2.41. The molecule has 1 saturated carbocycles. The minimum absolute atomic E-state index is 0.254. The number of hydrogen-bond donors (Lipinski definition) is 0. The second-order valence-corrected chi connectivity index (χ2v) is 8.97. The minimum atomic E-state index is 0.254. The standard InChI is InChI=1S/C22H34N4O/c1-15(2)25-13-7-10-19(25)21-23-16(3)18-11-12-20(27)26(22(18)24-21)14-17-8-5-4-6-9-17/h15,17,19H,4-14H2,1-3H3/t19-/m0/s1. The maximum Gasteiger partial charge on any atom is 0.228 e. The Kier molecular flexibility index (Phi) is 5.49. The van der Waals surface area contributed by atoms with Gasteiger partial charge in [0.1, 0.15) is 11.6 Å². The predicted octanol–water partition coefficient (Wildman–Crippen LogP) is 4.19.